The topological polar surface area (TPSA) is 101 Å². The first-order valence-corrected chi connectivity index (χ1v) is 5.32. The number of hydrogen-bond donors (Lipinski definition) is 2. The Hall–Kier alpha value is -1.89. The van der Waals surface area contributed by atoms with Crippen LogP contribution in [0.1, 0.15) is 21.0 Å². The predicted molar refractivity (Wildman–Crippen MR) is 56.3 cm³/mol. The van der Waals surface area contributed by atoms with Gasteiger partial charge in [-0.3, -0.25) is 9.59 Å². The van der Waals surface area contributed by atoms with Crippen LogP contribution < -0.4 is 5.73 Å². The summed E-state index contributed by atoms with van der Waals surface area (Å²) in [7, 11) is 0. The molecule has 2 saturated heterocycles. The summed E-state index contributed by atoms with van der Waals surface area (Å²) >= 11 is 0. The highest BCUT2D eigenvalue weighted by Crippen LogP contribution is 2.38. The molecule has 0 unspecified atom stereocenters. The molecule has 7 heteroatoms. The minimum Gasteiger partial charge on any atom is -0.380 e. The number of hydrogen-bond acceptors (Lipinski definition) is 4. The van der Waals surface area contributed by atoms with Gasteiger partial charge in [0.25, 0.3) is 11.8 Å². The molecule has 2 amide bonds. The fourth-order valence-electron chi connectivity index (χ4n) is 2.28. The van der Waals surface area contributed by atoms with Crippen LogP contribution in [-0.4, -0.2) is 53.0 Å². The quantitative estimate of drug-likeness (QED) is 0.686. The fraction of sp³-hybridized carbons (Fsp3) is 0.500. The summed E-state index contributed by atoms with van der Waals surface area (Å²) in [5, 5.41) is 0. The number of nitrogens with zero attached hydrogens (tertiary/aromatic N) is 2. The number of aromatic nitrogens is 2. The lowest BCUT2D eigenvalue weighted by Gasteiger charge is -2.54. The number of ether oxygens (including phenoxy) is 1. The molecule has 90 valence electrons. The van der Waals surface area contributed by atoms with Gasteiger partial charge < -0.3 is 20.4 Å². The molecule has 7 nitrogen and oxygen atoms in total. The third-order valence-electron chi connectivity index (χ3n) is 3.24. The molecule has 0 bridgehead atoms. The molecular weight excluding hydrogens is 224 g/mol. The van der Waals surface area contributed by atoms with Crippen molar-refractivity contribution in [3.05, 3.63) is 17.7 Å². The molecule has 2 fully saturated rings. The summed E-state index contributed by atoms with van der Waals surface area (Å²) in [6.07, 6.45) is 1.30. The standard InChI is InChI=1S/C10H12N4O3/c11-8(15)6-7(13-5-12-6)9(16)14-1-10(2-14)3-17-4-10/h5H,1-4H2,(H2,11,15)(H,12,13). The molecular formula is C10H12N4O3. The van der Waals surface area contributed by atoms with E-state index in [1.54, 1.807) is 4.90 Å². The van der Waals surface area contributed by atoms with Crippen molar-refractivity contribution in [2.75, 3.05) is 26.3 Å². The van der Waals surface area contributed by atoms with Crippen molar-refractivity contribution in [3.63, 3.8) is 0 Å². The maximum atomic E-state index is 12.0. The minimum atomic E-state index is -0.697. The zero-order chi connectivity index (χ0) is 12.0. The average Bonchev–Trinajstić information content (AvgIpc) is 2.60. The lowest BCUT2D eigenvalue weighted by molar-refractivity contribution is -0.176. The number of nitrogens with one attached hydrogen (secondary N) is 1. The summed E-state index contributed by atoms with van der Waals surface area (Å²) in [4.78, 5) is 31.2. The number of carbonyl (C=O) groups is 2. The smallest absolute Gasteiger partial charge is 0.272 e. The van der Waals surface area contributed by atoms with Crippen molar-refractivity contribution < 1.29 is 14.3 Å². The maximum absolute atomic E-state index is 12.0. The van der Waals surface area contributed by atoms with Gasteiger partial charge in [-0.15, -0.1) is 0 Å². The molecule has 0 atom stereocenters. The van der Waals surface area contributed by atoms with Crippen molar-refractivity contribution in [1.82, 2.24) is 14.9 Å². The van der Waals surface area contributed by atoms with Crippen LogP contribution in [0.15, 0.2) is 6.33 Å². The number of likely N-dealkylation sites (tertiary alicyclic amines) is 1. The predicted octanol–water partition coefficient (Wildman–Crippen LogP) is -1.02. The van der Waals surface area contributed by atoms with Gasteiger partial charge in [0.1, 0.15) is 5.69 Å². The number of carbonyl (C=O) groups excluding carboxylic acids is 2. The normalized spacial score (nSPS) is 20.8. The Morgan fingerprint density at radius 3 is 2.71 bits per heavy atom. The third-order valence-corrected chi connectivity index (χ3v) is 3.24. The van der Waals surface area contributed by atoms with Crippen LogP contribution >= 0.6 is 0 Å². The minimum absolute atomic E-state index is 0.000749. The van der Waals surface area contributed by atoms with Crippen LogP contribution in [0, 0.1) is 5.41 Å². The Kier molecular flexibility index (Phi) is 1.99. The highest BCUT2D eigenvalue weighted by atomic mass is 16.5. The van der Waals surface area contributed by atoms with E-state index >= 15 is 0 Å². The van der Waals surface area contributed by atoms with E-state index < -0.39 is 5.91 Å². The molecule has 1 spiro atoms. The lowest BCUT2D eigenvalue weighted by Crippen LogP contribution is -2.67. The van der Waals surface area contributed by atoms with Gasteiger partial charge >= 0.3 is 0 Å². The van der Waals surface area contributed by atoms with E-state index in [0.717, 1.165) is 0 Å². The van der Waals surface area contributed by atoms with Crippen molar-refractivity contribution in [2.45, 2.75) is 0 Å². The van der Waals surface area contributed by atoms with Crippen LogP contribution in [0.25, 0.3) is 0 Å². The largest absolute Gasteiger partial charge is 0.380 e. The molecule has 2 aliphatic heterocycles. The van der Waals surface area contributed by atoms with E-state index in [9.17, 15) is 9.59 Å². The molecule has 0 radical (unpaired) electrons. The summed E-state index contributed by atoms with van der Waals surface area (Å²) in [5.74, 6) is -0.925. The van der Waals surface area contributed by atoms with E-state index in [4.69, 9.17) is 10.5 Å². The Morgan fingerprint density at radius 2 is 2.18 bits per heavy atom. The Labute approximate surface area is 96.9 Å². The van der Waals surface area contributed by atoms with Gasteiger partial charge in [0.05, 0.1) is 25.0 Å². The van der Waals surface area contributed by atoms with E-state index in [0.29, 0.717) is 26.3 Å². The van der Waals surface area contributed by atoms with Crippen LogP contribution in [0.2, 0.25) is 0 Å². The Morgan fingerprint density at radius 1 is 1.47 bits per heavy atom. The van der Waals surface area contributed by atoms with Crippen LogP contribution in [-0.2, 0) is 4.74 Å². The van der Waals surface area contributed by atoms with Gasteiger partial charge in [-0.1, -0.05) is 0 Å². The van der Waals surface area contributed by atoms with Crippen LogP contribution in [0.4, 0.5) is 0 Å². The number of primary amides is 1. The highest BCUT2D eigenvalue weighted by molar-refractivity contribution is 6.04. The molecule has 0 aliphatic carbocycles. The molecule has 3 rings (SSSR count). The zero-order valence-electron chi connectivity index (χ0n) is 9.10. The van der Waals surface area contributed by atoms with Crippen molar-refractivity contribution in [2.24, 2.45) is 11.1 Å². The second-order valence-electron chi connectivity index (χ2n) is 4.64. The first kappa shape index (κ1) is 10.3. The molecule has 1 aromatic heterocycles. The second kappa shape index (κ2) is 3.30. The average molecular weight is 236 g/mol. The first-order valence-electron chi connectivity index (χ1n) is 5.32. The van der Waals surface area contributed by atoms with E-state index in [1.165, 1.54) is 6.33 Å². The van der Waals surface area contributed by atoms with Crippen molar-refractivity contribution in [1.29, 1.82) is 0 Å². The number of rotatable bonds is 2. The summed E-state index contributed by atoms with van der Waals surface area (Å²) in [6.45, 7) is 2.76. The van der Waals surface area contributed by atoms with E-state index in [-0.39, 0.29) is 22.7 Å². The maximum Gasteiger partial charge on any atom is 0.272 e. The number of aromatic amines is 1. The van der Waals surface area contributed by atoms with Crippen molar-refractivity contribution in [3.8, 4) is 0 Å². The molecule has 2 aliphatic rings. The van der Waals surface area contributed by atoms with Gasteiger partial charge in [0.2, 0.25) is 0 Å². The van der Waals surface area contributed by atoms with E-state index in [1.807, 2.05) is 0 Å². The summed E-state index contributed by atoms with van der Waals surface area (Å²) in [6, 6.07) is 0. The van der Waals surface area contributed by atoms with Crippen LogP contribution in [0.5, 0.6) is 0 Å². The van der Waals surface area contributed by atoms with Gasteiger partial charge in [-0.2, -0.15) is 0 Å². The zero-order valence-corrected chi connectivity index (χ0v) is 9.10. The Bertz CT molecular complexity index is 483. The number of nitrogens with two attached hydrogens (primary N) is 1. The first-order chi connectivity index (χ1) is 8.11. The SMILES string of the molecule is NC(=O)c1nc[nH]c1C(=O)N1CC2(COC2)C1. The molecule has 1 aromatic rings. The Balaban J connectivity index is 1.74. The van der Waals surface area contributed by atoms with Crippen molar-refractivity contribution >= 4 is 11.8 Å². The lowest BCUT2D eigenvalue weighted by atomic mass is 9.78. The van der Waals surface area contributed by atoms with Gasteiger partial charge in [0, 0.05) is 13.1 Å². The number of imidazole rings is 1. The summed E-state index contributed by atoms with van der Waals surface area (Å²) < 4.78 is 5.13. The molecule has 3 heterocycles. The molecule has 3 N–H and O–H groups in total. The van der Waals surface area contributed by atoms with Gasteiger partial charge in [-0.25, -0.2) is 4.98 Å². The number of H-pyrrole nitrogens is 1. The van der Waals surface area contributed by atoms with Gasteiger partial charge in [-0.05, 0) is 0 Å². The van der Waals surface area contributed by atoms with Gasteiger partial charge in [0.15, 0.2) is 5.69 Å². The number of amides is 2. The van der Waals surface area contributed by atoms with E-state index in [2.05, 4.69) is 9.97 Å². The third kappa shape index (κ3) is 1.42. The molecule has 0 aromatic carbocycles. The molecule has 17 heavy (non-hydrogen) atoms. The second-order valence-corrected chi connectivity index (χ2v) is 4.64. The monoisotopic (exact) mass is 236 g/mol. The molecule has 0 saturated carbocycles. The highest BCUT2D eigenvalue weighted by Gasteiger charge is 2.51. The fourth-order valence-corrected chi connectivity index (χ4v) is 2.28. The summed E-state index contributed by atoms with van der Waals surface area (Å²) in [5.41, 5.74) is 5.46. The van der Waals surface area contributed by atoms with Crippen LogP contribution in [0.3, 0.4) is 0 Å².